The molecule has 1 amide bonds. The maximum absolute atomic E-state index is 12.6. The van der Waals surface area contributed by atoms with E-state index in [4.69, 9.17) is 9.72 Å². The smallest absolute Gasteiger partial charge is 0.230 e. The number of hydrogen-bond donors (Lipinski definition) is 1. The Kier molecular flexibility index (Phi) is 8.21. The third-order valence-electron chi connectivity index (χ3n) is 5.95. The molecular formula is C28H29N3O2S. The highest BCUT2D eigenvalue weighted by Gasteiger charge is 2.19. The number of pyridine rings is 1. The zero-order valence-electron chi connectivity index (χ0n) is 19.4. The number of nitriles is 1. The minimum atomic E-state index is -0.00433. The minimum Gasteiger partial charge on any atom is -0.494 e. The van der Waals surface area contributed by atoms with Crippen LogP contribution in [0.15, 0.2) is 65.7 Å². The van der Waals surface area contributed by atoms with Crippen LogP contribution in [0.5, 0.6) is 5.75 Å². The minimum absolute atomic E-state index is 0.00433. The van der Waals surface area contributed by atoms with E-state index in [1.165, 1.54) is 31.0 Å². The number of hydrogen-bond acceptors (Lipinski definition) is 5. The van der Waals surface area contributed by atoms with E-state index in [0.717, 1.165) is 41.0 Å². The van der Waals surface area contributed by atoms with Gasteiger partial charge in [-0.1, -0.05) is 61.4 Å². The van der Waals surface area contributed by atoms with Crippen molar-refractivity contribution in [2.24, 2.45) is 0 Å². The second-order valence-electron chi connectivity index (χ2n) is 8.36. The van der Waals surface area contributed by atoms with Gasteiger partial charge in [0.25, 0.3) is 0 Å². The fourth-order valence-electron chi connectivity index (χ4n) is 4.27. The lowest BCUT2D eigenvalue weighted by atomic mass is 9.95. The van der Waals surface area contributed by atoms with Crippen LogP contribution in [0.1, 0.15) is 44.6 Å². The third kappa shape index (κ3) is 5.98. The van der Waals surface area contributed by atoms with Crippen LogP contribution >= 0.6 is 11.8 Å². The van der Waals surface area contributed by atoms with Crippen LogP contribution in [0, 0.1) is 11.3 Å². The summed E-state index contributed by atoms with van der Waals surface area (Å²) in [5.74, 6) is 1.03. The van der Waals surface area contributed by atoms with Crippen LogP contribution in [0.4, 0.5) is 0 Å². The quantitative estimate of drug-likeness (QED) is 0.394. The summed E-state index contributed by atoms with van der Waals surface area (Å²) in [6, 6.07) is 22.2. The Morgan fingerprint density at radius 3 is 2.50 bits per heavy atom. The van der Waals surface area contributed by atoms with E-state index in [1.54, 1.807) is 0 Å². The number of carbonyl (C=O) groups is 1. The van der Waals surface area contributed by atoms with Gasteiger partial charge in [0.15, 0.2) is 0 Å². The van der Waals surface area contributed by atoms with Crippen molar-refractivity contribution in [1.29, 1.82) is 5.26 Å². The molecule has 3 aromatic rings. The average Bonchev–Trinajstić information content (AvgIpc) is 2.88. The Balaban J connectivity index is 1.64. The molecule has 1 saturated carbocycles. The molecule has 1 aromatic heterocycles. The maximum Gasteiger partial charge on any atom is 0.230 e. The monoisotopic (exact) mass is 471 g/mol. The van der Waals surface area contributed by atoms with Crippen LogP contribution in [-0.4, -0.2) is 29.3 Å². The number of nitrogens with zero attached hydrogens (tertiary/aromatic N) is 2. The van der Waals surface area contributed by atoms with Crippen LogP contribution in [-0.2, 0) is 4.79 Å². The molecule has 1 fully saturated rings. The summed E-state index contributed by atoms with van der Waals surface area (Å²) in [6.07, 6.45) is 5.68. The van der Waals surface area contributed by atoms with Crippen LogP contribution < -0.4 is 10.1 Å². The van der Waals surface area contributed by atoms with Crippen molar-refractivity contribution in [2.45, 2.75) is 50.1 Å². The highest BCUT2D eigenvalue weighted by atomic mass is 32.2. The molecule has 1 aliphatic rings. The van der Waals surface area contributed by atoms with Crippen LogP contribution in [0.3, 0.4) is 0 Å². The molecule has 174 valence electrons. The standard InChI is InChI=1S/C28H29N3O2S/c1-2-33-23-15-13-21(14-16-23)26-17-24(20-9-5-3-6-10-20)25(18-29)28(31-26)34-19-27(32)30-22-11-7-4-8-12-22/h3,5-6,9-10,13-17,22H,2,4,7-8,11-12,19H2,1H3,(H,30,32). The van der Waals surface area contributed by atoms with Gasteiger partial charge in [0.05, 0.1) is 23.6 Å². The first-order chi connectivity index (χ1) is 16.7. The predicted octanol–water partition coefficient (Wildman–Crippen LogP) is 6.23. The molecular weight excluding hydrogens is 442 g/mol. The Morgan fingerprint density at radius 2 is 1.82 bits per heavy atom. The normalized spacial score (nSPS) is 13.8. The van der Waals surface area contributed by atoms with Crippen molar-refractivity contribution in [3.05, 3.63) is 66.2 Å². The number of nitrogens with one attached hydrogen (secondary N) is 1. The SMILES string of the molecule is CCOc1ccc(-c2cc(-c3ccccc3)c(C#N)c(SCC(=O)NC3CCCCC3)n2)cc1. The van der Waals surface area contributed by atoms with Gasteiger partial charge in [-0.2, -0.15) is 5.26 Å². The van der Waals surface area contributed by atoms with Gasteiger partial charge in [0, 0.05) is 17.2 Å². The molecule has 2 aromatic carbocycles. The molecule has 4 rings (SSSR count). The van der Waals surface area contributed by atoms with Crippen LogP contribution in [0.2, 0.25) is 0 Å². The third-order valence-corrected chi connectivity index (χ3v) is 6.93. The molecule has 0 spiro atoms. The second-order valence-corrected chi connectivity index (χ2v) is 9.33. The largest absolute Gasteiger partial charge is 0.494 e. The number of thioether (sulfide) groups is 1. The molecule has 0 unspecified atom stereocenters. The number of ether oxygens (including phenoxy) is 1. The molecule has 0 saturated heterocycles. The van der Waals surface area contributed by atoms with Gasteiger partial charge in [-0.15, -0.1) is 0 Å². The summed E-state index contributed by atoms with van der Waals surface area (Å²) in [7, 11) is 0. The Morgan fingerprint density at radius 1 is 1.09 bits per heavy atom. The molecule has 34 heavy (non-hydrogen) atoms. The number of carbonyl (C=O) groups excluding carboxylic acids is 1. The van der Waals surface area contributed by atoms with Crippen molar-refractivity contribution in [1.82, 2.24) is 10.3 Å². The highest BCUT2D eigenvalue weighted by Crippen LogP contribution is 2.34. The van der Waals surface area contributed by atoms with Gasteiger partial charge in [-0.25, -0.2) is 4.98 Å². The molecule has 1 N–H and O–H groups in total. The molecule has 0 bridgehead atoms. The van der Waals surface area contributed by atoms with E-state index in [2.05, 4.69) is 11.4 Å². The summed E-state index contributed by atoms with van der Waals surface area (Å²) in [5.41, 5.74) is 3.95. The van der Waals surface area contributed by atoms with E-state index < -0.39 is 0 Å². The summed E-state index contributed by atoms with van der Waals surface area (Å²) in [6.45, 7) is 2.56. The summed E-state index contributed by atoms with van der Waals surface area (Å²) >= 11 is 1.33. The fourth-order valence-corrected chi connectivity index (χ4v) is 5.08. The number of amides is 1. The molecule has 0 atom stereocenters. The van der Waals surface area contributed by atoms with Crippen molar-refractivity contribution in [3.8, 4) is 34.2 Å². The molecule has 5 nitrogen and oxygen atoms in total. The molecule has 1 aliphatic carbocycles. The van der Waals surface area contributed by atoms with Gasteiger partial charge in [-0.05, 0) is 55.7 Å². The van der Waals surface area contributed by atoms with E-state index in [1.807, 2.05) is 67.6 Å². The van der Waals surface area contributed by atoms with Crippen molar-refractivity contribution in [3.63, 3.8) is 0 Å². The number of benzene rings is 2. The summed E-state index contributed by atoms with van der Waals surface area (Å²) < 4.78 is 5.57. The summed E-state index contributed by atoms with van der Waals surface area (Å²) in [5, 5.41) is 13.8. The Labute approximate surface area is 205 Å². The van der Waals surface area contributed by atoms with Crippen molar-refractivity contribution in [2.75, 3.05) is 12.4 Å². The zero-order chi connectivity index (χ0) is 23.8. The first-order valence-electron chi connectivity index (χ1n) is 11.8. The highest BCUT2D eigenvalue weighted by molar-refractivity contribution is 8.00. The zero-order valence-corrected chi connectivity index (χ0v) is 20.2. The predicted molar refractivity (Wildman–Crippen MR) is 137 cm³/mol. The first-order valence-corrected chi connectivity index (χ1v) is 12.8. The van der Waals surface area contributed by atoms with E-state index in [9.17, 15) is 10.1 Å². The first kappa shape index (κ1) is 23.8. The molecule has 1 heterocycles. The van der Waals surface area contributed by atoms with Crippen LogP contribution in [0.25, 0.3) is 22.4 Å². The van der Waals surface area contributed by atoms with E-state index in [-0.39, 0.29) is 17.7 Å². The summed E-state index contributed by atoms with van der Waals surface area (Å²) in [4.78, 5) is 17.5. The van der Waals surface area contributed by atoms with Crippen molar-refractivity contribution < 1.29 is 9.53 Å². The number of rotatable bonds is 8. The lowest BCUT2D eigenvalue weighted by Crippen LogP contribution is -2.37. The van der Waals surface area contributed by atoms with Gasteiger partial charge in [0.2, 0.25) is 5.91 Å². The Hall–Kier alpha value is -3.30. The topological polar surface area (TPSA) is 75.0 Å². The van der Waals surface area contributed by atoms with Gasteiger partial charge >= 0.3 is 0 Å². The van der Waals surface area contributed by atoms with Gasteiger partial charge < -0.3 is 10.1 Å². The van der Waals surface area contributed by atoms with Gasteiger partial charge in [0.1, 0.15) is 16.8 Å². The molecule has 0 radical (unpaired) electrons. The lowest BCUT2D eigenvalue weighted by Gasteiger charge is -2.22. The number of aromatic nitrogens is 1. The van der Waals surface area contributed by atoms with E-state index >= 15 is 0 Å². The van der Waals surface area contributed by atoms with Gasteiger partial charge in [-0.3, -0.25) is 4.79 Å². The second kappa shape index (κ2) is 11.7. The fraction of sp³-hybridized carbons (Fsp3) is 0.321. The molecule has 0 aliphatic heterocycles. The average molecular weight is 472 g/mol. The molecule has 6 heteroatoms. The Bertz CT molecular complexity index is 1150. The lowest BCUT2D eigenvalue weighted by molar-refractivity contribution is -0.119. The maximum atomic E-state index is 12.6. The van der Waals surface area contributed by atoms with Crippen molar-refractivity contribution >= 4 is 17.7 Å². The van der Waals surface area contributed by atoms with E-state index in [0.29, 0.717) is 17.2 Å².